The molecule has 0 aliphatic carbocycles. The normalized spacial score (nSPS) is 14.3. The summed E-state index contributed by atoms with van der Waals surface area (Å²) in [6, 6.07) is 16.0. The highest BCUT2D eigenvalue weighted by molar-refractivity contribution is 7.49. The lowest BCUT2D eigenvalue weighted by atomic mass is 10.2. The molecule has 0 bridgehead atoms. The van der Waals surface area contributed by atoms with Gasteiger partial charge in [0.15, 0.2) is 6.29 Å². The van der Waals surface area contributed by atoms with Gasteiger partial charge in [0.2, 0.25) is 0 Å². The van der Waals surface area contributed by atoms with Crippen LogP contribution in [0.15, 0.2) is 54.6 Å². The summed E-state index contributed by atoms with van der Waals surface area (Å²) in [5.74, 6) is 0.818. The maximum absolute atomic E-state index is 13.2. The monoisotopic (exact) mass is 392 g/mol. The molecule has 0 radical (unpaired) electrons. The van der Waals surface area contributed by atoms with E-state index >= 15 is 0 Å². The fourth-order valence-corrected chi connectivity index (χ4v) is 3.70. The maximum atomic E-state index is 13.2. The van der Waals surface area contributed by atoms with Crippen molar-refractivity contribution in [3.63, 3.8) is 0 Å². The molecule has 2 rings (SSSR count). The Labute approximate surface area is 162 Å². The molecule has 2 unspecified atom stereocenters. The van der Waals surface area contributed by atoms with E-state index in [0.29, 0.717) is 18.1 Å². The van der Waals surface area contributed by atoms with Crippen LogP contribution >= 0.6 is 7.82 Å². The van der Waals surface area contributed by atoms with Crippen molar-refractivity contribution in [2.75, 3.05) is 6.61 Å². The summed E-state index contributed by atoms with van der Waals surface area (Å²) in [6.45, 7) is 6.36. The van der Waals surface area contributed by atoms with Crippen molar-refractivity contribution >= 4 is 7.82 Å². The number of phosphoric ester groups is 1. The predicted molar refractivity (Wildman–Crippen MR) is 107 cm³/mol. The zero-order valence-corrected chi connectivity index (χ0v) is 17.2. The van der Waals surface area contributed by atoms with E-state index in [9.17, 15) is 4.57 Å². The third-order valence-corrected chi connectivity index (χ3v) is 5.25. The summed E-state index contributed by atoms with van der Waals surface area (Å²) in [6.07, 6.45) is 3.65. The molecule has 2 atom stereocenters. The van der Waals surface area contributed by atoms with E-state index in [1.165, 1.54) is 6.42 Å². The van der Waals surface area contributed by atoms with Gasteiger partial charge < -0.3 is 13.8 Å². The number of hydrogen-bond acceptors (Lipinski definition) is 5. The molecule has 148 valence electrons. The average molecular weight is 392 g/mol. The predicted octanol–water partition coefficient (Wildman–Crippen LogP) is 6.52. The van der Waals surface area contributed by atoms with Gasteiger partial charge in [-0.2, -0.15) is 0 Å². The van der Waals surface area contributed by atoms with Gasteiger partial charge in [-0.05, 0) is 44.5 Å². The van der Waals surface area contributed by atoms with Gasteiger partial charge in [-0.3, -0.25) is 0 Å². The zero-order valence-electron chi connectivity index (χ0n) is 16.3. The number of phosphoric acid groups is 1. The molecule has 0 saturated carbocycles. The van der Waals surface area contributed by atoms with Crippen molar-refractivity contribution in [2.24, 2.45) is 0 Å². The van der Waals surface area contributed by atoms with Gasteiger partial charge in [0.1, 0.15) is 11.5 Å². The first-order chi connectivity index (χ1) is 13.0. The Hall–Kier alpha value is -1.81. The van der Waals surface area contributed by atoms with Gasteiger partial charge >= 0.3 is 7.82 Å². The van der Waals surface area contributed by atoms with Crippen LogP contribution in [0.3, 0.4) is 0 Å². The Morgan fingerprint density at radius 3 is 2.15 bits per heavy atom. The summed E-state index contributed by atoms with van der Waals surface area (Å²) >= 11 is 0. The molecule has 6 heteroatoms. The first-order valence-corrected chi connectivity index (χ1v) is 10.9. The quantitative estimate of drug-likeness (QED) is 0.234. The van der Waals surface area contributed by atoms with Crippen molar-refractivity contribution in [3.05, 3.63) is 60.2 Å². The van der Waals surface area contributed by atoms with Crippen LogP contribution in [0, 0.1) is 6.92 Å². The molecule has 0 amide bonds. The minimum absolute atomic E-state index is 0.406. The van der Waals surface area contributed by atoms with E-state index in [1.54, 1.807) is 43.3 Å². The number of para-hydroxylation sites is 1. The lowest BCUT2D eigenvalue weighted by Crippen LogP contribution is -2.16. The number of unbranched alkanes of at least 4 members (excludes halogenated alkanes) is 3. The SMILES string of the molecule is CCCCCCOC(C)OP(=O)(Oc1ccccc1)Oc1ccc(C)cc1. The fraction of sp³-hybridized carbons (Fsp3) is 0.429. The second-order valence-corrected chi connectivity index (χ2v) is 7.83. The lowest BCUT2D eigenvalue weighted by molar-refractivity contribution is -0.0781. The van der Waals surface area contributed by atoms with Crippen molar-refractivity contribution in [1.29, 1.82) is 0 Å². The zero-order chi connectivity index (χ0) is 19.5. The molecule has 0 fully saturated rings. The van der Waals surface area contributed by atoms with Crippen LogP contribution in [-0.4, -0.2) is 12.9 Å². The van der Waals surface area contributed by atoms with Gasteiger partial charge in [-0.15, -0.1) is 0 Å². The van der Waals surface area contributed by atoms with Crippen LogP contribution in [-0.2, 0) is 13.8 Å². The molecule has 5 nitrogen and oxygen atoms in total. The molecule has 0 heterocycles. The highest BCUT2D eigenvalue weighted by Crippen LogP contribution is 2.50. The third-order valence-electron chi connectivity index (χ3n) is 3.83. The Morgan fingerprint density at radius 2 is 1.52 bits per heavy atom. The standard InChI is InChI=1S/C21H29O5P/c1-4-5-6-10-17-23-19(3)24-27(22,25-20-11-8-7-9-12-20)26-21-15-13-18(2)14-16-21/h7-9,11-16,19H,4-6,10,17H2,1-3H3. The van der Waals surface area contributed by atoms with E-state index in [-0.39, 0.29) is 0 Å². The molecule has 2 aromatic rings. The molecule has 2 aromatic carbocycles. The molecular weight excluding hydrogens is 363 g/mol. The van der Waals surface area contributed by atoms with Crippen LogP contribution in [0.25, 0.3) is 0 Å². The Morgan fingerprint density at radius 1 is 0.889 bits per heavy atom. The van der Waals surface area contributed by atoms with Gasteiger partial charge in [0.05, 0.1) is 0 Å². The third kappa shape index (κ3) is 8.17. The van der Waals surface area contributed by atoms with Crippen LogP contribution in [0.5, 0.6) is 11.5 Å². The molecule has 0 aliphatic rings. The Kier molecular flexibility index (Phi) is 8.86. The Balaban J connectivity index is 2.02. The average Bonchev–Trinajstić information content (AvgIpc) is 2.64. The number of aryl methyl sites for hydroxylation is 1. The van der Waals surface area contributed by atoms with Crippen molar-refractivity contribution < 1.29 is 22.9 Å². The molecule has 27 heavy (non-hydrogen) atoms. The number of ether oxygens (including phenoxy) is 1. The molecule has 0 saturated heterocycles. The molecule has 0 spiro atoms. The van der Waals surface area contributed by atoms with Gasteiger partial charge in [-0.25, -0.2) is 9.09 Å². The van der Waals surface area contributed by atoms with E-state index in [0.717, 1.165) is 24.8 Å². The van der Waals surface area contributed by atoms with Crippen LogP contribution in [0.4, 0.5) is 0 Å². The summed E-state index contributed by atoms with van der Waals surface area (Å²) in [5.41, 5.74) is 1.07. The van der Waals surface area contributed by atoms with E-state index in [1.807, 2.05) is 25.1 Å². The number of benzene rings is 2. The minimum Gasteiger partial charge on any atom is -0.395 e. The minimum atomic E-state index is -3.92. The lowest BCUT2D eigenvalue weighted by Gasteiger charge is -2.22. The summed E-state index contributed by atoms with van der Waals surface area (Å²) < 4.78 is 35.6. The first-order valence-electron chi connectivity index (χ1n) is 9.42. The van der Waals surface area contributed by atoms with Crippen LogP contribution in [0.2, 0.25) is 0 Å². The summed E-state index contributed by atoms with van der Waals surface area (Å²) in [7, 11) is -3.92. The molecular formula is C21H29O5P. The highest BCUT2D eigenvalue weighted by atomic mass is 31.2. The largest absolute Gasteiger partial charge is 0.589 e. The Bertz CT molecular complexity index is 702. The van der Waals surface area contributed by atoms with E-state index < -0.39 is 14.1 Å². The highest BCUT2D eigenvalue weighted by Gasteiger charge is 2.33. The number of hydrogen-bond donors (Lipinski definition) is 0. The molecule has 0 aliphatic heterocycles. The second-order valence-electron chi connectivity index (χ2n) is 6.36. The fourth-order valence-electron chi connectivity index (χ4n) is 2.39. The topological polar surface area (TPSA) is 54.0 Å². The van der Waals surface area contributed by atoms with Crippen molar-refractivity contribution in [3.8, 4) is 11.5 Å². The number of rotatable bonds is 12. The smallest absolute Gasteiger partial charge is 0.395 e. The first kappa shape index (κ1) is 21.5. The van der Waals surface area contributed by atoms with Crippen molar-refractivity contribution in [2.45, 2.75) is 52.7 Å². The summed E-state index contributed by atoms with van der Waals surface area (Å²) in [5, 5.41) is 0. The van der Waals surface area contributed by atoms with E-state index in [2.05, 4.69) is 6.92 Å². The van der Waals surface area contributed by atoms with Crippen LogP contribution < -0.4 is 9.05 Å². The van der Waals surface area contributed by atoms with Crippen molar-refractivity contribution in [1.82, 2.24) is 0 Å². The summed E-state index contributed by atoms with van der Waals surface area (Å²) in [4.78, 5) is 0. The second kappa shape index (κ2) is 11.1. The van der Waals surface area contributed by atoms with Gasteiger partial charge in [-0.1, -0.05) is 62.1 Å². The van der Waals surface area contributed by atoms with Gasteiger partial charge in [0.25, 0.3) is 0 Å². The van der Waals surface area contributed by atoms with E-state index in [4.69, 9.17) is 18.3 Å². The molecule has 0 N–H and O–H groups in total. The molecule has 0 aromatic heterocycles. The van der Waals surface area contributed by atoms with Gasteiger partial charge in [0, 0.05) is 6.61 Å². The maximum Gasteiger partial charge on any atom is 0.589 e. The van der Waals surface area contributed by atoms with Crippen LogP contribution in [0.1, 0.15) is 45.1 Å².